The summed E-state index contributed by atoms with van der Waals surface area (Å²) in [6, 6.07) is 0. The maximum absolute atomic E-state index is 13.9. The average molecular weight is 622 g/mol. The highest BCUT2D eigenvalue weighted by Crippen LogP contribution is 2.64. The second-order valence-corrected chi connectivity index (χ2v) is 8.77. The number of alkyl halides is 17. The zero-order valence-electron chi connectivity index (χ0n) is 19.6. The molecule has 234 valence electrons. The van der Waals surface area contributed by atoms with E-state index in [0.717, 1.165) is 21.0 Å². The molecule has 0 aliphatic rings. The summed E-state index contributed by atoms with van der Waals surface area (Å²) in [5, 5.41) is 23.8. The molecule has 0 bridgehead atoms. The van der Waals surface area contributed by atoms with Gasteiger partial charge in [0.05, 0.1) is 27.1 Å². The molecular weight excluding hydrogens is 603 g/mol. The second kappa shape index (κ2) is 10.3. The molecule has 0 spiro atoms. The molecule has 0 aromatic carbocycles. The highest BCUT2D eigenvalue weighted by molar-refractivity contribution is 5.69. The second-order valence-electron chi connectivity index (χ2n) is 8.77. The zero-order valence-corrected chi connectivity index (χ0v) is 19.6. The molecule has 1 unspecified atom stereocenters. The molecule has 39 heavy (non-hydrogen) atoms. The fourth-order valence-electron chi connectivity index (χ4n) is 2.68. The first-order chi connectivity index (χ1) is 16.6. The fraction of sp³-hybridized carbons (Fsp3) is 0.941. The quantitative estimate of drug-likeness (QED) is 0.140. The monoisotopic (exact) mass is 622 g/mol. The number of hydroxylamine groups is 6. The van der Waals surface area contributed by atoms with E-state index in [9.17, 15) is 89.8 Å². The SMILES string of the molecule is CC[N+]([O-])(CC[N+](C)(C)[O-])C(=O)CCC(F)(F)C(F)(F)C(F)(F)C(F)(F)C(F)(F)C(F)(F)C(F)(F)C(F)(F)F. The van der Waals surface area contributed by atoms with Crippen LogP contribution in [0.1, 0.15) is 19.8 Å². The number of carbonyl (C=O) groups is 1. The molecule has 0 saturated carbocycles. The lowest BCUT2D eigenvalue weighted by Crippen LogP contribution is -2.74. The minimum atomic E-state index is -8.75. The van der Waals surface area contributed by atoms with Crippen molar-refractivity contribution in [3.05, 3.63) is 10.4 Å². The van der Waals surface area contributed by atoms with E-state index < -0.39 is 95.3 Å². The first-order valence-corrected chi connectivity index (χ1v) is 10.0. The van der Waals surface area contributed by atoms with Gasteiger partial charge in [0.1, 0.15) is 13.1 Å². The van der Waals surface area contributed by atoms with E-state index in [0.29, 0.717) is 0 Å². The normalized spacial score (nSPS) is 17.3. The summed E-state index contributed by atoms with van der Waals surface area (Å²) in [6.07, 6.45) is -13.1. The van der Waals surface area contributed by atoms with Gasteiger partial charge >= 0.3 is 53.5 Å². The van der Waals surface area contributed by atoms with Crippen LogP contribution in [-0.4, -0.2) is 96.6 Å². The number of likely N-dealkylation sites (N-methyl/N-ethyl adjacent to an activating group) is 2. The van der Waals surface area contributed by atoms with Crippen LogP contribution in [0.2, 0.25) is 0 Å². The van der Waals surface area contributed by atoms with E-state index in [-0.39, 0.29) is 0 Å². The van der Waals surface area contributed by atoms with Gasteiger partial charge in [-0.25, -0.2) is 4.79 Å². The van der Waals surface area contributed by atoms with Crippen molar-refractivity contribution in [2.75, 3.05) is 33.7 Å². The van der Waals surface area contributed by atoms with E-state index in [1.807, 2.05) is 0 Å². The van der Waals surface area contributed by atoms with Crippen LogP contribution in [0.25, 0.3) is 0 Å². The predicted molar refractivity (Wildman–Crippen MR) is 94.3 cm³/mol. The van der Waals surface area contributed by atoms with Crippen molar-refractivity contribution in [3.8, 4) is 0 Å². The molecule has 22 heteroatoms. The largest absolute Gasteiger partial charge is 0.633 e. The van der Waals surface area contributed by atoms with Crippen LogP contribution in [0, 0.1) is 10.4 Å². The zero-order chi connectivity index (χ0) is 32.1. The van der Waals surface area contributed by atoms with E-state index in [1.165, 1.54) is 0 Å². The number of halogens is 17. The highest BCUT2D eigenvalue weighted by atomic mass is 19.4. The lowest BCUT2D eigenvalue weighted by Gasteiger charge is -2.44. The summed E-state index contributed by atoms with van der Waals surface area (Å²) >= 11 is 0. The van der Waals surface area contributed by atoms with Crippen molar-refractivity contribution in [1.29, 1.82) is 0 Å². The van der Waals surface area contributed by atoms with Gasteiger partial charge in [-0.15, -0.1) is 0 Å². The Kier molecular flexibility index (Phi) is 9.86. The summed E-state index contributed by atoms with van der Waals surface area (Å²) in [5.74, 6) is -59.5. The molecule has 0 rings (SSSR count). The van der Waals surface area contributed by atoms with Gasteiger partial charge in [-0.2, -0.15) is 74.6 Å². The average Bonchev–Trinajstić information content (AvgIpc) is 2.73. The molecule has 0 aromatic heterocycles. The van der Waals surface area contributed by atoms with Gasteiger partial charge in [-0.1, -0.05) is 0 Å². The van der Waals surface area contributed by atoms with Crippen molar-refractivity contribution < 1.29 is 88.7 Å². The Morgan fingerprint density at radius 3 is 1.23 bits per heavy atom. The lowest BCUT2D eigenvalue weighted by molar-refractivity contribution is -0.882. The molecule has 0 aliphatic heterocycles. The maximum Gasteiger partial charge on any atom is 0.460 e. The molecule has 0 N–H and O–H groups in total. The smallest absolute Gasteiger partial charge is 0.460 e. The molecule has 1 atom stereocenters. The van der Waals surface area contributed by atoms with Gasteiger partial charge in [0.15, 0.2) is 0 Å². The number of quaternary nitrogens is 2. The number of carbonyl (C=O) groups excluding carboxylic acids is 1. The Balaban J connectivity index is 6.36. The van der Waals surface area contributed by atoms with Crippen LogP contribution in [0.3, 0.4) is 0 Å². The van der Waals surface area contributed by atoms with Gasteiger partial charge in [-0.05, 0) is 6.92 Å². The Labute approximate surface area is 207 Å². The minimum absolute atomic E-state index is 0.716. The predicted octanol–water partition coefficient (Wildman–Crippen LogP) is 6.21. The van der Waals surface area contributed by atoms with Crippen LogP contribution >= 0.6 is 0 Å². The summed E-state index contributed by atoms with van der Waals surface area (Å²) in [7, 11) is 1.84. The van der Waals surface area contributed by atoms with Gasteiger partial charge in [0, 0.05) is 6.42 Å². The Bertz CT molecular complexity index is 883. The maximum atomic E-state index is 13.9. The van der Waals surface area contributed by atoms with Crippen LogP contribution in [0.5, 0.6) is 0 Å². The first-order valence-electron chi connectivity index (χ1n) is 10.0. The third-order valence-corrected chi connectivity index (χ3v) is 5.40. The molecule has 0 aromatic rings. The summed E-state index contributed by atoms with van der Waals surface area (Å²) < 4.78 is 222. The van der Waals surface area contributed by atoms with E-state index in [2.05, 4.69) is 0 Å². The van der Waals surface area contributed by atoms with Crippen LogP contribution in [0.4, 0.5) is 74.6 Å². The van der Waals surface area contributed by atoms with E-state index >= 15 is 0 Å². The molecule has 5 nitrogen and oxygen atoms in total. The molecule has 0 heterocycles. The van der Waals surface area contributed by atoms with Gasteiger partial charge in [-0.3, -0.25) is 4.65 Å². The Morgan fingerprint density at radius 2 is 0.923 bits per heavy atom. The van der Waals surface area contributed by atoms with Crippen LogP contribution in [0.15, 0.2) is 0 Å². The van der Waals surface area contributed by atoms with Crippen molar-refractivity contribution in [2.45, 2.75) is 67.4 Å². The summed E-state index contributed by atoms with van der Waals surface area (Å²) in [6.45, 7) is -1.72. The molecule has 0 fully saturated rings. The highest BCUT2D eigenvalue weighted by Gasteiger charge is 2.95. The molecule has 0 saturated heterocycles. The molecular formula is C17H19F17N2O3. The number of hydrogen-bond donors (Lipinski definition) is 0. The van der Waals surface area contributed by atoms with Gasteiger partial charge in [0.2, 0.25) is 0 Å². The number of rotatable bonds is 13. The topological polar surface area (TPSA) is 63.2 Å². The number of hydrogen-bond acceptors (Lipinski definition) is 3. The molecule has 1 amide bonds. The van der Waals surface area contributed by atoms with Crippen molar-refractivity contribution in [2.24, 2.45) is 0 Å². The third-order valence-electron chi connectivity index (χ3n) is 5.40. The number of amides is 1. The fourth-order valence-corrected chi connectivity index (χ4v) is 2.68. The van der Waals surface area contributed by atoms with Crippen molar-refractivity contribution in [1.82, 2.24) is 0 Å². The van der Waals surface area contributed by atoms with Crippen LogP contribution < -0.4 is 0 Å². The van der Waals surface area contributed by atoms with E-state index in [1.54, 1.807) is 0 Å². The van der Waals surface area contributed by atoms with Gasteiger partial charge < -0.3 is 15.1 Å². The third kappa shape index (κ3) is 6.16. The standard InChI is InChI=1S/C17H19F17N2O3/c1-4-36(39,8-7-35(2,3)38)9(37)5-6-10(18,19)11(20,21)12(22,23)13(24,25)14(26,27)15(28,29)16(30,31)17(32,33)34/h4-8H2,1-3H3. The van der Waals surface area contributed by atoms with E-state index in [4.69, 9.17) is 0 Å². The Morgan fingerprint density at radius 1 is 0.590 bits per heavy atom. The van der Waals surface area contributed by atoms with Crippen molar-refractivity contribution >= 4 is 5.91 Å². The minimum Gasteiger partial charge on any atom is -0.633 e. The van der Waals surface area contributed by atoms with Crippen molar-refractivity contribution in [3.63, 3.8) is 0 Å². The summed E-state index contributed by atoms with van der Waals surface area (Å²) in [5.41, 5.74) is 0. The summed E-state index contributed by atoms with van der Waals surface area (Å²) in [4.78, 5) is 12.0. The lowest BCUT2D eigenvalue weighted by atomic mass is 9.88. The van der Waals surface area contributed by atoms with Gasteiger partial charge in [0.25, 0.3) is 0 Å². The molecule has 0 radical (unpaired) electrons. The number of nitrogens with zero attached hydrogens (tertiary/aromatic N) is 2. The molecule has 0 aliphatic carbocycles. The first kappa shape index (κ1) is 37.3. The van der Waals surface area contributed by atoms with Crippen LogP contribution in [-0.2, 0) is 4.79 Å². The Hall–Kier alpha value is -1.68.